The van der Waals surface area contributed by atoms with E-state index in [4.69, 9.17) is 0 Å². The molecule has 0 aliphatic carbocycles. The molecule has 0 aliphatic heterocycles. The standard InChI is InChI=1S/C30H23F6N5/c31-29(32,33)21-9-11-22(12-10-21)39-28-23-13-8-20(27-24(30(34,35)36)7-4-15-38-27)17-25(23)40-26(41-28)18-37-16-14-19-5-2-1-3-6-19/h1-13,15,17,37H,14,16,18H2,(H,39,40,41). The van der Waals surface area contributed by atoms with Crippen molar-refractivity contribution in [1.82, 2.24) is 20.3 Å². The van der Waals surface area contributed by atoms with Gasteiger partial charge in [-0.15, -0.1) is 0 Å². The van der Waals surface area contributed by atoms with E-state index in [1.807, 2.05) is 30.3 Å². The molecule has 3 aromatic carbocycles. The van der Waals surface area contributed by atoms with Crippen molar-refractivity contribution in [3.8, 4) is 11.3 Å². The Morgan fingerprint density at radius 1 is 0.732 bits per heavy atom. The van der Waals surface area contributed by atoms with Crippen LogP contribution in [0.2, 0.25) is 0 Å². The molecule has 2 heterocycles. The number of anilines is 2. The Labute approximate surface area is 231 Å². The summed E-state index contributed by atoms with van der Waals surface area (Å²) in [7, 11) is 0. The van der Waals surface area contributed by atoms with E-state index in [1.54, 1.807) is 6.07 Å². The van der Waals surface area contributed by atoms with Gasteiger partial charge in [0.2, 0.25) is 0 Å². The number of nitrogens with zero attached hydrogens (tertiary/aromatic N) is 3. The van der Waals surface area contributed by atoms with Crippen LogP contribution in [0.3, 0.4) is 0 Å². The van der Waals surface area contributed by atoms with Crippen LogP contribution in [0.15, 0.2) is 91.1 Å². The van der Waals surface area contributed by atoms with Gasteiger partial charge in [-0.3, -0.25) is 4.98 Å². The van der Waals surface area contributed by atoms with E-state index in [0.717, 1.165) is 30.2 Å². The molecule has 41 heavy (non-hydrogen) atoms. The largest absolute Gasteiger partial charge is 0.418 e. The van der Waals surface area contributed by atoms with Gasteiger partial charge >= 0.3 is 12.4 Å². The Morgan fingerprint density at radius 2 is 1.49 bits per heavy atom. The summed E-state index contributed by atoms with van der Waals surface area (Å²) in [5.74, 6) is 0.660. The summed E-state index contributed by atoms with van der Waals surface area (Å²) >= 11 is 0. The smallest absolute Gasteiger partial charge is 0.340 e. The predicted molar refractivity (Wildman–Crippen MR) is 144 cm³/mol. The van der Waals surface area contributed by atoms with Gasteiger partial charge in [-0.05, 0) is 67.1 Å². The summed E-state index contributed by atoms with van der Waals surface area (Å²) in [5, 5.41) is 6.78. The first-order valence-corrected chi connectivity index (χ1v) is 12.6. The van der Waals surface area contributed by atoms with Crippen LogP contribution in [0.4, 0.5) is 37.8 Å². The minimum atomic E-state index is -4.60. The lowest BCUT2D eigenvalue weighted by Gasteiger charge is -2.15. The maximum atomic E-state index is 13.7. The Morgan fingerprint density at radius 3 is 2.20 bits per heavy atom. The number of pyridine rings is 1. The van der Waals surface area contributed by atoms with Crippen molar-refractivity contribution in [2.24, 2.45) is 0 Å². The molecule has 5 aromatic rings. The summed E-state index contributed by atoms with van der Waals surface area (Å²) < 4.78 is 80.0. The third-order valence-electron chi connectivity index (χ3n) is 6.32. The fourth-order valence-corrected chi connectivity index (χ4v) is 4.32. The highest BCUT2D eigenvalue weighted by Crippen LogP contribution is 2.37. The zero-order valence-corrected chi connectivity index (χ0v) is 21.4. The Balaban J connectivity index is 1.48. The van der Waals surface area contributed by atoms with Crippen LogP contribution < -0.4 is 10.6 Å². The topological polar surface area (TPSA) is 62.7 Å². The molecule has 0 saturated heterocycles. The molecule has 210 valence electrons. The number of hydrogen-bond donors (Lipinski definition) is 2. The predicted octanol–water partition coefficient (Wildman–Crippen LogP) is 7.81. The van der Waals surface area contributed by atoms with Gasteiger partial charge in [-0.25, -0.2) is 9.97 Å². The highest BCUT2D eigenvalue weighted by Gasteiger charge is 2.34. The van der Waals surface area contributed by atoms with E-state index in [1.165, 1.54) is 36.5 Å². The molecule has 0 amide bonds. The highest BCUT2D eigenvalue weighted by molar-refractivity contribution is 5.93. The summed E-state index contributed by atoms with van der Waals surface area (Å²) in [6.07, 6.45) is -7.03. The number of halogens is 6. The second-order valence-electron chi connectivity index (χ2n) is 9.23. The number of benzene rings is 3. The molecule has 2 N–H and O–H groups in total. The van der Waals surface area contributed by atoms with E-state index in [0.29, 0.717) is 34.8 Å². The van der Waals surface area contributed by atoms with Crippen LogP contribution in [0.5, 0.6) is 0 Å². The van der Waals surface area contributed by atoms with E-state index in [2.05, 4.69) is 25.6 Å². The molecule has 11 heteroatoms. The second kappa shape index (κ2) is 11.5. The zero-order valence-electron chi connectivity index (χ0n) is 21.4. The van der Waals surface area contributed by atoms with E-state index in [-0.39, 0.29) is 17.8 Å². The van der Waals surface area contributed by atoms with Crippen LogP contribution >= 0.6 is 0 Å². The van der Waals surface area contributed by atoms with Gasteiger partial charge in [0.25, 0.3) is 0 Å². The highest BCUT2D eigenvalue weighted by atomic mass is 19.4. The lowest BCUT2D eigenvalue weighted by molar-refractivity contribution is -0.138. The molecule has 0 atom stereocenters. The molecule has 0 saturated carbocycles. The maximum absolute atomic E-state index is 13.7. The van der Waals surface area contributed by atoms with Gasteiger partial charge in [0, 0.05) is 22.8 Å². The number of rotatable bonds is 8. The molecule has 5 nitrogen and oxygen atoms in total. The molecule has 2 aromatic heterocycles. The van der Waals surface area contributed by atoms with Crippen molar-refractivity contribution in [2.45, 2.75) is 25.3 Å². The average Bonchev–Trinajstić information content (AvgIpc) is 2.95. The lowest BCUT2D eigenvalue weighted by atomic mass is 10.0. The number of fused-ring (bicyclic) bond motifs is 1. The minimum absolute atomic E-state index is 0.215. The van der Waals surface area contributed by atoms with Crippen LogP contribution in [0.1, 0.15) is 22.5 Å². The third-order valence-corrected chi connectivity index (χ3v) is 6.32. The lowest BCUT2D eigenvalue weighted by Crippen LogP contribution is -2.19. The maximum Gasteiger partial charge on any atom is 0.418 e. The average molecular weight is 568 g/mol. The van der Waals surface area contributed by atoms with Crippen molar-refractivity contribution < 1.29 is 26.3 Å². The molecule has 0 bridgehead atoms. The van der Waals surface area contributed by atoms with Crippen molar-refractivity contribution in [2.75, 3.05) is 11.9 Å². The summed E-state index contributed by atoms with van der Waals surface area (Å²) in [6, 6.07) is 21.1. The van der Waals surface area contributed by atoms with Gasteiger partial charge in [-0.2, -0.15) is 26.3 Å². The first-order valence-electron chi connectivity index (χ1n) is 12.6. The number of aromatic nitrogens is 3. The van der Waals surface area contributed by atoms with Gasteiger partial charge in [0.05, 0.1) is 28.9 Å². The Hall–Kier alpha value is -4.51. The van der Waals surface area contributed by atoms with Gasteiger partial charge in [0.1, 0.15) is 11.6 Å². The molecule has 0 unspecified atom stereocenters. The quantitative estimate of drug-likeness (QED) is 0.148. The van der Waals surface area contributed by atoms with Gasteiger partial charge < -0.3 is 10.6 Å². The number of alkyl halides is 6. The van der Waals surface area contributed by atoms with Crippen LogP contribution in [-0.2, 0) is 25.3 Å². The molecule has 5 rings (SSSR count). The van der Waals surface area contributed by atoms with E-state index >= 15 is 0 Å². The van der Waals surface area contributed by atoms with Crippen LogP contribution in [0.25, 0.3) is 22.2 Å². The molecule has 0 spiro atoms. The molecule has 0 radical (unpaired) electrons. The number of hydrogen-bond acceptors (Lipinski definition) is 5. The van der Waals surface area contributed by atoms with Gasteiger partial charge in [-0.1, -0.05) is 36.4 Å². The van der Waals surface area contributed by atoms with Crippen molar-refractivity contribution in [3.05, 3.63) is 114 Å². The van der Waals surface area contributed by atoms with Crippen molar-refractivity contribution >= 4 is 22.4 Å². The summed E-state index contributed by atoms with van der Waals surface area (Å²) in [5.41, 5.74) is 0.163. The van der Waals surface area contributed by atoms with Crippen molar-refractivity contribution in [3.63, 3.8) is 0 Å². The van der Waals surface area contributed by atoms with E-state index < -0.39 is 23.5 Å². The summed E-state index contributed by atoms with van der Waals surface area (Å²) in [6.45, 7) is 0.877. The SMILES string of the molecule is FC(F)(F)c1ccc(Nc2nc(CNCCc3ccccc3)nc3cc(-c4ncccc4C(F)(F)F)ccc23)cc1. The van der Waals surface area contributed by atoms with Crippen LogP contribution in [0, 0.1) is 0 Å². The zero-order chi connectivity index (χ0) is 29.0. The monoisotopic (exact) mass is 567 g/mol. The van der Waals surface area contributed by atoms with E-state index in [9.17, 15) is 26.3 Å². The fourth-order valence-electron chi connectivity index (χ4n) is 4.32. The third kappa shape index (κ3) is 6.80. The van der Waals surface area contributed by atoms with Crippen LogP contribution in [-0.4, -0.2) is 21.5 Å². The minimum Gasteiger partial charge on any atom is -0.340 e. The number of nitrogens with one attached hydrogen (secondary N) is 2. The molecular weight excluding hydrogens is 544 g/mol. The molecular formula is C30H23F6N5. The second-order valence-corrected chi connectivity index (χ2v) is 9.23. The van der Waals surface area contributed by atoms with Crippen molar-refractivity contribution in [1.29, 1.82) is 0 Å². The first kappa shape index (κ1) is 28.0. The molecule has 0 fully saturated rings. The Bertz CT molecular complexity index is 1630. The molecule has 0 aliphatic rings. The fraction of sp³-hybridized carbons (Fsp3) is 0.167. The normalized spacial score (nSPS) is 12.0. The first-order chi connectivity index (χ1) is 19.6. The van der Waals surface area contributed by atoms with Gasteiger partial charge in [0.15, 0.2) is 0 Å². The Kier molecular flexibility index (Phi) is 7.89. The summed E-state index contributed by atoms with van der Waals surface area (Å²) in [4.78, 5) is 13.1.